The Balaban J connectivity index is 2.80. The van der Waals surface area contributed by atoms with E-state index in [-0.39, 0.29) is 5.41 Å². The number of hydrogen-bond donors (Lipinski definition) is 1. The zero-order valence-corrected chi connectivity index (χ0v) is 11.4. The second-order valence-corrected chi connectivity index (χ2v) is 6.09. The minimum absolute atomic E-state index is 0.0962. The first kappa shape index (κ1) is 13.5. The van der Waals surface area contributed by atoms with Crippen LogP contribution in [0.15, 0.2) is 23.3 Å². The molecule has 0 aromatic heterocycles. The van der Waals surface area contributed by atoms with Crippen molar-refractivity contribution in [2.75, 3.05) is 0 Å². The van der Waals surface area contributed by atoms with Crippen LogP contribution in [0.2, 0.25) is 0 Å². The van der Waals surface area contributed by atoms with Crippen molar-refractivity contribution in [2.24, 2.45) is 5.41 Å². The Labute approximate surface area is 100 Å². The maximum absolute atomic E-state index is 10.6. The third-order valence-corrected chi connectivity index (χ3v) is 3.74. The zero-order chi connectivity index (χ0) is 12.4. The smallest absolute Gasteiger partial charge is 0.0915 e. The molecule has 0 bridgehead atoms. The molecular weight excluding hydrogens is 196 g/mol. The zero-order valence-electron chi connectivity index (χ0n) is 11.4. The molecule has 1 heteroatoms. The lowest BCUT2D eigenvalue weighted by Crippen LogP contribution is -2.42. The summed E-state index contributed by atoms with van der Waals surface area (Å²) in [6.45, 7) is 10.7. The third-order valence-electron chi connectivity index (χ3n) is 3.74. The molecule has 1 nitrogen and oxygen atoms in total. The van der Waals surface area contributed by atoms with E-state index in [1.165, 1.54) is 24.0 Å². The largest absolute Gasteiger partial charge is 0.385 e. The van der Waals surface area contributed by atoms with E-state index < -0.39 is 5.60 Å². The normalized spacial score (nSPS) is 26.4. The van der Waals surface area contributed by atoms with Crippen LogP contribution in [0.25, 0.3) is 0 Å². The Kier molecular flexibility index (Phi) is 4.01. The van der Waals surface area contributed by atoms with Gasteiger partial charge >= 0.3 is 0 Å². The molecule has 1 aliphatic carbocycles. The lowest BCUT2D eigenvalue weighted by atomic mass is 9.70. The summed E-state index contributed by atoms with van der Waals surface area (Å²) < 4.78 is 0. The lowest BCUT2D eigenvalue weighted by Gasteiger charge is -2.40. The molecule has 0 amide bonds. The predicted molar refractivity (Wildman–Crippen MR) is 70.4 cm³/mol. The number of unbranched alkanes of at least 4 members (excludes halogenated alkanes) is 1. The SMILES string of the molecule is CCCCC1=C(C)CC(O)(C(C)(C)C)C=C1. The van der Waals surface area contributed by atoms with Crippen molar-refractivity contribution in [3.05, 3.63) is 23.3 Å². The third kappa shape index (κ3) is 2.76. The minimum Gasteiger partial charge on any atom is -0.385 e. The van der Waals surface area contributed by atoms with Crippen LogP contribution in [0, 0.1) is 5.41 Å². The van der Waals surface area contributed by atoms with Crippen LogP contribution in [-0.2, 0) is 0 Å². The summed E-state index contributed by atoms with van der Waals surface area (Å²) in [7, 11) is 0. The molecule has 0 aromatic rings. The number of aliphatic hydroxyl groups is 1. The maximum atomic E-state index is 10.6. The first-order valence-electron chi connectivity index (χ1n) is 6.40. The first-order valence-corrected chi connectivity index (χ1v) is 6.40. The highest BCUT2D eigenvalue weighted by molar-refractivity contribution is 5.34. The van der Waals surface area contributed by atoms with E-state index in [1.54, 1.807) is 0 Å². The summed E-state index contributed by atoms with van der Waals surface area (Å²) in [5.41, 5.74) is 2.01. The highest BCUT2D eigenvalue weighted by atomic mass is 16.3. The van der Waals surface area contributed by atoms with Gasteiger partial charge < -0.3 is 5.11 Å². The molecule has 0 aromatic carbocycles. The summed E-state index contributed by atoms with van der Waals surface area (Å²) in [6, 6.07) is 0. The maximum Gasteiger partial charge on any atom is 0.0915 e. The van der Waals surface area contributed by atoms with Gasteiger partial charge in [-0.15, -0.1) is 0 Å². The molecule has 0 heterocycles. The predicted octanol–water partition coefficient (Wildman–Crippen LogP) is 4.23. The standard InChI is InChI=1S/C15H26O/c1-6-7-8-13-9-10-15(16,11-12(13)2)14(3,4)5/h9-10,16H,6-8,11H2,1-5H3. The fraction of sp³-hybridized carbons (Fsp3) is 0.733. The molecule has 16 heavy (non-hydrogen) atoms. The van der Waals surface area contributed by atoms with Gasteiger partial charge in [-0.1, -0.05) is 51.8 Å². The van der Waals surface area contributed by atoms with Crippen LogP contribution >= 0.6 is 0 Å². The highest BCUT2D eigenvalue weighted by Gasteiger charge is 2.39. The van der Waals surface area contributed by atoms with Crippen molar-refractivity contribution >= 4 is 0 Å². The van der Waals surface area contributed by atoms with Gasteiger partial charge in [-0.3, -0.25) is 0 Å². The summed E-state index contributed by atoms with van der Waals surface area (Å²) >= 11 is 0. The van der Waals surface area contributed by atoms with Crippen LogP contribution in [0.5, 0.6) is 0 Å². The molecule has 0 aliphatic heterocycles. The van der Waals surface area contributed by atoms with Gasteiger partial charge in [0.15, 0.2) is 0 Å². The first-order chi connectivity index (χ1) is 7.30. The second kappa shape index (κ2) is 4.75. The quantitative estimate of drug-likeness (QED) is 0.757. The van der Waals surface area contributed by atoms with Crippen molar-refractivity contribution in [3.63, 3.8) is 0 Å². The topological polar surface area (TPSA) is 20.2 Å². The van der Waals surface area contributed by atoms with Crippen molar-refractivity contribution in [1.82, 2.24) is 0 Å². The molecule has 0 radical (unpaired) electrons. The van der Waals surface area contributed by atoms with E-state index in [4.69, 9.17) is 0 Å². The average molecular weight is 222 g/mol. The highest BCUT2D eigenvalue weighted by Crippen LogP contribution is 2.40. The van der Waals surface area contributed by atoms with Gasteiger partial charge in [0.2, 0.25) is 0 Å². The molecule has 0 fully saturated rings. The summed E-state index contributed by atoms with van der Waals surface area (Å²) in [5.74, 6) is 0. The fourth-order valence-corrected chi connectivity index (χ4v) is 2.14. The second-order valence-electron chi connectivity index (χ2n) is 6.09. The lowest BCUT2D eigenvalue weighted by molar-refractivity contribution is -0.0146. The van der Waals surface area contributed by atoms with Gasteiger partial charge in [0, 0.05) is 6.42 Å². The molecule has 92 valence electrons. The Morgan fingerprint density at radius 2 is 2.00 bits per heavy atom. The summed E-state index contributed by atoms with van der Waals surface area (Å²) in [6.07, 6.45) is 8.55. The van der Waals surface area contributed by atoms with E-state index in [9.17, 15) is 5.11 Å². The van der Waals surface area contributed by atoms with E-state index in [0.717, 1.165) is 12.8 Å². The van der Waals surface area contributed by atoms with E-state index in [2.05, 4.69) is 40.7 Å². The summed E-state index contributed by atoms with van der Waals surface area (Å²) in [4.78, 5) is 0. The van der Waals surface area contributed by atoms with Crippen LogP contribution in [0.3, 0.4) is 0 Å². The van der Waals surface area contributed by atoms with E-state index in [0.29, 0.717) is 0 Å². The van der Waals surface area contributed by atoms with Crippen LogP contribution in [0.1, 0.15) is 60.3 Å². The van der Waals surface area contributed by atoms with E-state index >= 15 is 0 Å². The van der Waals surface area contributed by atoms with Gasteiger partial charge in [-0.25, -0.2) is 0 Å². The van der Waals surface area contributed by atoms with E-state index in [1.807, 2.05) is 6.08 Å². The molecule has 1 aliphatic rings. The van der Waals surface area contributed by atoms with Crippen molar-refractivity contribution in [2.45, 2.75) is 65.9 Å². The summed E-state index contributed by atoms with van der Waals surface area (Å²) in [5, 5.41) is 10.6. The van der Waals surface area contributed by atoms with Gasteiger partial charge in [0.25, 0.3) is 0 Å². The molecular formula is C15H26O. The monoisotopic (exact) mass is 222 g/mol. The van der Waals surface area contributed by atoms with Crippen LogP contribution in [-0.4, -0.2) is 10.7 Å². The Morgan fingerprint density at radius 3 is 2.44 bits per heavy atom. The van der Waals surface area contributed by atoms with Crippen molar-refractivity contribution in [3.8, 4) is 0 Å². The molecule has 1 unspecified atom stereocenters. The Hall–Kier alpha value is -0.560. The van der Waals surface area contributed by atoms with Crippen LogP contribution < -0.4 is 0 Å². The van der Waals surface area contributed by atoms with Crippen LogP contribution in [0.4, 0.5) is 0 Å². The molecule has 0 spiro atoms. The fourth-order valence-electron chi connectivity index (χ4n) is 2.14. The number of rotatable bonds is 3. The van der Waals surface area contributed by atoms with Gasteiger partial charge in [0.1, 0.15) is 0 Å². The molecule has 1 atom stereocenters. The Bertz CT molecular complexity index is 304. The van der Waals surface area contributed by atoms with Crippen molar-refractivity contribution in [1.29, 1.82) is 0 Å². The average Bonchev–Trinajstić information content (AvgIpc) is 2.15. The number of hydrogen-bond acceptors (Lipinski definition) is 1. The molecule has 0 saturated heterocycles. The van der Waals surface area contributed by atoms with Gasteiger partial charge in [-0.2, -0.15) is 0 Å². The molecule has 1 rings (SSSR count). The number of allylic oxidation sites excluding steroid dienone is 2. The minimum atomic E-state index is -0.674. The van der Waals surface area contributed by atoms with Gasteiger partial charge in [-0.05, 0) is 30.8 Å². The molecule has 1 N–H and O–H groups in total. The van der Waals surface area contributed by atoms with Crippen molar-refractivity contribution < 1.29 is 5.11 Å². The molecule has 0 saturated carbocycles. The Morgan fingerprint density at radius 1 is 1.38 bits per heavy atom. The van der Waals surface area contributed by atoms with Gasteiger partial charge in [0.05, 0.1) is 5.60 Å².